The molecule has 0 saturated heterocycles. The van der Waals surface area contributed by atoms with Crippen molar-refractivity contribution in [2.45, 2.75) is 12.5 Å². The molecule has 1 heterocycles. The first kappa shape index (κ1) is 18.4. The standard InChI is InChI=1S/C21H19FN2O3/c22-17-10-8-16(9-11-17)20(15-5-2-1-3-6-15)24-19(25)12-13-23-21(26)18-7-4-14-27-18/h1-11,14,20H,12-13H2,(H,23,26)(H,24,25). The van der Waals surface area contributed by atoms with Gasteiger partial charge >= 0.3 is 0 Å². The van der Waals surface area contributed by atoms with E-state index < -0.39 is 6.04 Å². The summed E-state index contributed by atoms with van der Waals surface area (Å²) >= 11 is 0. The lowest BCUT2D eigenvalue weighted by Gasteiger charge is -2.20. The molecular weight excluding hydrogens is 347 g/mol. The first-order valence-corrected chi connectivity index (χ1v) is 8.55. The Morgan fingerprint density at radius 3 is 2.30 bits per heavy atom. The second-order valence-corrected chi connectivity index (χ2v) is 5.95. The zero-order valence-corrected chi connectivity index (χ0v) is 14.5. The quantitative estimate of drug-likeness (QED) is 0.673. The Bertz CT molecular complexity index is 878. The molecule has 1 atom stereocenters. The number of nitrogens with one attached hydrogen (secondary N) is 2. The van der Waals surface area contributed by atoms with Gasteiger partial charge in [-0.25, -0.2) is 4.39 Å². The molecule has 0 aliphatic carbocycles. The van der Waals surface area contributed by atoms with Gasteiger partial charge in [-0.05, 0) is 35.4 Å². The van der Waals surface area contributed by atoms with Crippen LogP contribution in [0.15, 0.2) is 77.4 Å². The van der Waals surface area contributed by atoms with Crippen LogP contribution in [0.4, 0.5) is 4.39 Å². The summed E-state index contributed by atoms with van der Waals surface area (Å²) in [7, 11) is 0. The molecular formula is C21H19FN2O3. The molecule has 0 radical (unpaired) electrons. The lowest BCUT2D eigenvalue weighted by Crippen LogP contribution is -2.33. The van der Waals surface area contributed by atoms with Crippen LogP contribution in [-0.4, -0.2) is 18.4 Å². The minimum absolute atomic E-state index is 0.108. The molecule has 27 heavy (non-hydrogen) atoms. The van der Waals surface area contributed by atoms with E-state index in [9.17, 15) is 14.0 Å². The van der Waals surface area contributed by atoms with Gasteiger partial charge in [-0.1, -0.05) is 42.5 Å². The maximum atomic E-state index is 13.2. The molecule has 3 rings (SSSR count). The lowest BCUT2D eigenvalue weighted by molar-refractivity contribution is -0.121. The molecule has 2 N–H and O–H groups in total. The van der Waals surface area contributed by atoms with Gasteiger partial charge in [0, 0.05) is 13.0 Å². The van der Waals surface area contributed by atoms with E-state index in [-0.39, 0.29) is 36.4 Å². The summed E-state index contributed by atoms with van der Waals surface area (Å²) in [5.74, 6) is -0.736. The fraction of sp³-hybridized carbons (Fsp3) is 0.143. The number of rotatable bonds is 7. The van der Waals surface area contributed by atoms with E-state index in [2.05, 4.69) is 10.6 Å². The molecule has 0 aliphatic rings. The summed E-state index contributed by atoms with van der Waals surface area (Å²) in [5, 5.41) is 5.57. The molecule has 0 fully saturated rings. The van der Waals surface area contributed by atoms with Gasteiger partial charge in [0.05, 0.1) is 12.3 Å². The molecule has 2 amide bonds. The Morgan fingerprint density at radius 1 is 0.926 bits per heavy atom. The Balaban J connectivity index is 1.62. The average Bonchev–Trinajstić information content (AvgIpc) is 3.22. The minimum atomic E-state index is -0.403. The molecule has 138 valence electrons. The SMILES string of the molecule is O=C(CCNC(=O)c1ccco1)NC(c1ccccc1)c1ccc(F)cc1. The van der Waals surface area contributed by atoms with Crippen molar-refractivity contribution in [2.75, 3.05) is 6.54 Å². The smallest absolute Gasteiger partial charge is 0.286 e. The number of hydrogen-bond donors (Lipinski definition) is 2. The van der Waals surface area contributed by atoms with Crippen LogP contribution in [-0.2, 0) is 4.79 Å². The number of amides is 2. The third kappa shape index (κ3) is 5.04. The van der Waals surface area contributed by atoms with Crippen molar-refractivity contribution in [2.24, 2.45) is 0 Å². The van der Waals surface area contributed by atoms with Crippen molar-refractivity contribution >= 4 is 11.8 Å². The van der Waals surface area contributed by atoms with Crippen LogP contribution in [0.3, 0.4) is 0 Å². The van der Waals surface area contributed by atoms with Gasteiger partial charge in [-0.15, -0.1) is 0 Å². The molecule has 0 bridgehead atoms. The Kier molecular flexibility index (Phi) is 5.99. The normalized spacial score (nSPS) is 11.6. The Morgan fingerprint density at radius 2 is 1.63 bits per heavy atom. The van der Waals surface area contributed by atoms with E-state index >= 15 is 0 Å². The van der Waals surface area contributed by atoms with Crippen molar-refractivity contribution in [1.82, 2.24) is 10.6 Å². The average molecular weight is 366 g/mol. The highest BCUT2D eigenvalue weighted by molar-refractivity contribution is 5.91. The van der Waals surface area contributed by atoms with E-state index in [1.54, 1.807) is 24.3 Å². The molecule has 1 unspecified atom stereocenters. The van der Waals surface area contributed by atoms with Crippen LogP contribution in [0.1, 0.15) is 34.1 Å². The first-order valence-electron chi connectivity index (χ1n) is 8.55. The summed E-state index contributed by atoms with van der Waals surface area (Å²) in [4.78, 5) is 24.2. The van der Waals surface area contributed by atoms with E-state index in [0.717, 1.165) is 11.1 Å². The maximum absolute atomic E-state index is 13.2. The number of carbonyl (C=O) groups excluding carboxylic acids is 2. The predicted molar refractivity (Wildman–Crippen MR) is 98.5 cm³/mol. The van der Waals surface area contributed by atoms with Crippen molar-refractivity contribution in [3.63, 3.8) is 0 Å². The topological polar surface area (TPSA) is 71.3 Å². The third-order valence-corrected chi connectivity index (χ3v) is 4.02. The zero-order chi connectivity index (χ0) is 19.1. The van der Waals surface area contributed by atoms with Crippen molar-refractivity contribution < 1.29 is 18.4 Å². The highest BCUT2D eigenvalue weighted by atomic mass is 19.1. The molecule has 6 heteroatoms. The largest absolute Gasteiger partial charge is 0.459 e. The Hall–Kier alpha value is -3.41. The summed E-state index contributed by atoms with van der Waals surface area (Å²) in [6.07, 6.45) is 1.52. The molecule has 1 aromatic heterocycles. The highest BCUT2D eigenvalue weighted by Gasteiger charge is 2.17. The summed E-state index contributed by atoms with van der Waals surface area (Å²) in [5.41, 5.74) is 1.66. The van der Waals surface area contributed by atoms with Crippen LogP contribution in [0, 0.1) is 5.82 Å². The Labute approximate surface area is 156 Å². The monoisotopic (exact) mass is 366 g/mol. The second-order valence-electron chi connectivity index (χ2n) is 5.95. The summed E-state index contributed by atoms with van der Waals surface area (Å²) in [6, 6.07) is 18.2. The molecule has 2 aromatic carbocycles. The van der Waals surface area contributed by atoms with Gasteiger partial charge in [0.2, 0.25) is 5.91 Å². The van der Waals surface area contributed by atoms with Crippen molar-refractivity contribution in [3.05, 3.63) is 95.7 Å². The lowest BCUT2D eigenvalue weighted by atomic mass is 9.98. The van der Waals surface area contributed by atoms with Gasteiger partial charge in [0.25, 0.3) is 5.91 Å². The van der Waals surface area contributed by atoms with Crippen molar-refractivity contribution in [1.29, 1.82) is 0 Å². The number of furan rings is 1. The molecule has 3 aromatic rings. The molecule has 5 nitrogen and oxygen atoms in total. The van der Waals surface area contributed by atoms with E-state index in [0.29, 0.717) is 0 Å². The number of benzene rings is 2. The van der Waals surface area contributed by atoms with Gasteiger partial charge in [0.15, 0.2) is 5.76 Å². The third-order valence-electron chi connectivity index (χ3n) is 4.02. The first-order chi connectivity index (χ1) is 13.1. The zero-order valence-electron chi connectivity index (χ0n) is 14.5. The van der Waals surface area contributed by atoms with E-state index in [1.165, 1.54) is 18.4 Å². The fourth-order valence-electron chi connectivity index (χ4n) is 2.68. The summed E-state index contributed by atoms with van der Waals surface area (Å²) in [6.45, 7) is 0.177. The van der Waals surface area contributed by atoms with Gasteiger partial charge in [-0.3, -0.25) is 9.59 Å². The second kappa shape index (κ2) is 8.80. The highest BCUT2D eigenvalue weighted by Crippen LogP contribution is 2.22. The number of halogens is 1. The molecule has 0 aliphatic heterocycles. The summed E-state index contributed by atoms with van der Waals surface area (Å²) < 4.78 is 18.2. The van der Waals surface area contributed by atoms with Gasteiger partial charge in [0.1, 0.15) is 5.82 Å². The van der Waals surface area contributed by atoms with Crippen LogP contribution in [0.2, 0.25) is 0 Å². The predicted octanol–water partition coefficient (Wildman–Crippen LogP) is 3.44. The van der Waals surface area contributed by atoms with Gasteiger partial charge < -0.3 is 15.1 Å². The van der Waals surface area contributed by atoms with E-state index in [4.69, 9.17) is 4.42 Å². The van der Waals surface area contributed by atoms with Gasteiger partial charge in [-0.2, -0.15) is 0 Å². The number of carbonyl (C=O) groups is 2. The number of hydrogen-bond acceptors (Lipinski definition) is 3. The minimum Gasteiger partial charge on any atom is -0.459 e. The molecule has 0 saturated carbocycles. The molecule has 0 spiro atoms. The fourth-order valence-corrected chi connectivity index (χ4v) is 2.68. The van der Waals surface area contributed by atoms with E-state index in [1.807, 2.05) is 30.3 Å². The van der Waals surface area contributed by atoms with Crippen LogP contribution < -0.4 is 10.6 Å². The maximum Gasteiger partial charge on any atom is 0.286 e. The van der Waals surface area contributed by atoms with Crippen LogP contribution in [0.25, 0.3) is 0 Å². The van der Waals surface area contributed by atoms with Crippen LogP contribution >= 0.6 is 0 Å². The van der Waals surface area contributed by atoms with Crippen LogP contribution in [0.5, 0.6) is 0 Å². The van der Waals surface area contributed by atoms with Crippen molar-refractivity contribution in [3.8, 4) is 0 Å².